The van der Waals surface area contributed by atoms with Gasteiger partial charge in [-0.05, 0) is 18.4 Å². The van der Waals surface area contributed by atoms with Crippen LogP contribution < -0.4 is 0 Å². The van der Waals surface area contributed by atoms with Crippen molar-refractivity contribution in [3.05, 3.63) is 35.9 Å². The number of nitrogens with zero attached hydrogens (tertiary/aromatic N) is 1. The van der Waals surface area contributed by atoms with E-state index in [1.807, 2.05) is 0 Å². The number of aliphatic hydroxyl groups is 2. The molecule has 262 valence electrons. The Morgan fingerprint density at radius 1 is 0.756 bits per heavy atom. The highest BCUT2D eigenvalue weighted by atomic mass is 32.2. The van der Waals surface area contributed by atoms with Crippen molar-refractivity contribution in [2.24, 2.45) is 0 Å². The van der Waals surface area contributed by atoms with Gasteiger partial charge in [-0.25, -0.2) is 0 Å². The van der Waals surface area contributed by atoms with E-state index in [1.54, 1.807) is 0 Å². The molecule has 0 heterocycles. The summed E-state index contributed by atoms with van der Waals surface area (Å²) < 4.78 is 29.5. The highest BCUT2D eigenvalue weighted by Gasteiger charge is 2.44. The fourth-order valence-corrected chi connectivity index (χ4v) is 6.54. The van der Waals surface area contributed by atoms with E-state index >= 15 is 0 Å². The van der Waals surface area contributed by atoms with E-state index < -0.39 is 33.7 Å². The predicted molar refractivity (Wildman–Crippen MR) is 179 cm³/mol. The number of quaternary nitrogens is 1. The monoisotopic (exact) mass is 660 g/mol. The summed E-state index contributed by atoms with van der Waals surface area (Å²) >= 11 is 0. The van der Waals surface area contributed by atoms with Crippen molar-refractivity contribution in [2.45, 2.75) is 133 Å². The van der Waals surface area contributed by atoms with Crippen LogP contribution >= 0.6 is 0 Å². The van der Waals surface area contributed by atoms with Gasteiger partial charge in [0.2, 0.25) is 0 Å². The van der Waals surface area contributed by atoms with Crippen LogP contribution in [0.4, 0.5) is 0 Å². The molecule has 1 aromatic rings. The zero-order chi connectivity index (χ0) is 34.2. The smallest absolute Gasteiger partial charge is 0.325 e. The molecule has 1 rings (SSSR count). The molecule has 11 heteroatoms. The maximum Gasteiger partial charge on any atom is 0.325 e. The molecule has 0 radical (unpaired) electrons. The number of hydrogen-bond donors (Lipinski definition) is 5. The Morgan fingerprint density at radius 3 is 1.51 bits per heavy atom. The lowest BCUT2D eigenvalue weighted by Crippen LogP contribution is -2.62. The number of aliphatic carboxylic acids is 2. The molecule has 0 aliphatic heterocycles. The van der Waals surface area contributed by atoms with Gasteiger partial charge in [0.1, 0.15) is 5.54 Å². The lowest BCUT2D eigenvalue weighted by Gasteiger charge is -2.49. The van der Waals surface area contributed by atoms with E-state index in [4.69, 9.17) is 14.8 Å². The second-order valence-electron chi connectivity index (χ2n) is 12.8. The normalized spacial score (nSPS) is 12.8. The molecule has 0 saturated heterocycles. The Labute approximate surface area is 272 Å². The number of carbonyl (C=O) groups is 2. The van der Waals surface area contributed by atoms with Crippen molar-refractivity contribution >= 4 is 22.1 Å². The van der Waals surface area contributed by atoms with Crippen molar-refractivity contribution in [1.82, 2.24) is 0 Å². The van der Waals surface area contributed by atoms with E-state index in [1.165, 1.54) is 95.5 Å². The first kappa shape index (κ1) is 43.0. The van der Waals surface area contributed by atoms with E-state index in [0.29, 0.717) is 0 Å². The highest BCUT2D eigenvalue weighted by molar-refractivity contribution is 7.87. The van der Waals surface area contributed by atoms with Gasteiger partial charge < -0.3 is 24.9 Å². The second kappa shape index (κ2) is 24.2. The SMILES string of the molecule is CCCCCCCCCCCCCCCC[N+](C)(C)C(CCO)(CCO)Cc1ccccc1.O=C(O)CC(C(=O)O)S(=O)(=O)O. The molecule has 0 bridgehead atoms. The van der Waals surface area contributed by atoms with Crippen LogP contribution in [0.15, 0.2) is 30.3 Å². The number of rotatable bonds is 26. The van der Waals surface area contributed by atoms with Crippen molar-refractivity contribution in [2.75, 3.05) is 33.9 Å². The van der Waals surface area contributed by atoms with Crippen LogP contribution in [0, 0.1) is 0 Å². The van der Waals surface area contributed by atoms with Gasteiger partial charge in [0.25, 0.3) is 10.1 Å². The molecule has 1 unspecified atom stereocenters. The Bertz CT molecular complexity index is 1010. The molecule has 0 aliphatic carbocycles. The predicted octanol–water partition coefficient (Wildman–Crippen LogP) is 6.09. The first-order valence-corrected chi connectivity index (χ1v) is 18.3. The van der Waals surface area contributed by atoms with Crippen LogP contribution in [-0.4, -0.2) is 94.5 Å². The van der Waals surface area contributed by atoms with Crippen LogP contribution in [0.5, 0.6) is 0 Å². The summed E-state index contributed by atoms with van der Waals surface area (Å²) in [5.41, 5.74) is 1.17. The van der Waals surface area contributed by atoms with Gasteiger partial charge in [0, 0.05) is 32.5 Å². The van der Waals surface area contributed by atoms with Crippen LogP contribution in [-0.2, 0) is 26.1 Å². The third-order valence-electron chi connectivity index (χ3n) is 8.88. The summed E-state index contributed by atoms with van der Waals surface area (Å²) in [7, 11) is -0.235. The first-order chi connectivity index (χ1) is 21.3. The number of unbranched alkanes of at least 4 members (excludes halogenated alkanes) is 13. The largest absolute Gasteiger partial charge is 0.481 e. The average molecular weight is 661 g/mol. The molecule has 5 N–H and O–H groups in total. The minimum Gasteiger partial charge on any atom is -0.481 e. The lowest BCUT2D eigenvalue weighted by atomic mass is 9.81. The van der Waals surface area contributed by atoms with Crippen molar-refractivity contribution in [3.63, 3.8) is 0 Å². The van der Waals surface area contributed by atoms with E-state index in [0.717, 1.165) is 30.3 Å². The summed E-state index contributed by atoms with van der Waals surface area (Å²) in [5.74, 6) is -3.50. The van der Waals surface area contributed by atoms with Crippen LogP contribution in [0.3, 0.4) is 0 Å². The fraction of sp³-hybridized carbons (Fsp3) is 0.765. The maximum atomic E-state index is 10.2. The number of carboxylic acid groups (broad SMARTS) is 2. The number of likely N-dealkylation sites (N-methyl/N-ethyl adjacent to an activating group) is 1. The summed E-state index contributed by atoms with van der Waals surface area (Å²) in [6, 6.07) is 10.6. The third kappa shape index (κ3) is 19.3. The summed E-state index contributed by atoms with van der Waals surface area (Å²) in [4.78, 5) is 20.0. The average Bonchev–Trinajstić information content (AvgIpc) is 2.96. The van der Waals surface area contributed by atoms with Gasteiger partial charge in [0.15, 0.2) is 5.25 Å². The number of carboxylic acids is 2. The molecule has 45 heavy (non-hydrogen) atoms. The molecule has 0 fully saturated rings. The zero-order valence-corrected chi connectivity index (χ0v) is 28.9. The first-order valence-electron chi connectivity index (χ1n) is 16.8. The molecule has 0 saturated carbocycles. The van der Waals surface area contributed by atoms with Crippen molar-refractivity contribution in [3.8, 4) is 0 Å². The lowest BCUT2D eigenvalue weighted by molar-refractivity contribution is -0.943. The quantitative estimate of drug-likeness (QED) is 0.0448. The molecule has 1 aromatic carbocycles. The van der Waals surface area contributed by atoms with E-state index in [9.17, 15) is 28.2 Å². The minimum atomic E-state index is -4.84. The zero-order valence-electron chi connectivity index (χ0n) is 28.0. The molecule has 0 aromatic heterocycles. The molecule has 0 spiro atoms. The Hall–Kier alpha value is -2.05. The Kier molecular flexibility index (Phi) is 23.1. The molecule has 1 atom stereocenters. The molecular formula is C34H62NO9S+. The Morgan fingerprint density at radius 2 is 1.18 bits per heavy atom. The van der Waals surface area contributed by atoms with Gasteiger partial charge in [-0.2, -0.15) is 8.42 Å². The highest BCUT2D eigenvalue weighted by Crippen LogP contribution is 2.33. The van der Waals surface area contributed by atoms with Gasteiger partial charge in [-0.3, -0.25) is 14.1 Å². The standard InChI is InChI=1S/C30H56NO2.C4H6O7S/c1-4-5-6-7-8-9-10-11-12-13-14-15-16-20-25-31(2,3)30(23-26-32,24-27-33)28-29-21-18-17-19-22-29;5-3(6)1-2(4(7)8)12(9,10)11/h17-19,21-22,32-33H,4-16,20,23-28H2,1-3H3;2H,1H2,(H,5,6)(H,7,8)(H,9,10,11)/q+1;. The van der Waals surface area contributed by atoms with E-state index in [-0.39, 0.29) is 18.8 Å². The van der Waals surface area contributed by atoms with Crippen molar-refractivity contribution in [1.29, 1.82) is 0 Å². The summed E-state index contributed by atoms with van der Waals surface area (Å²) in [5, 5.41) is 33.7. The van der Waals surface area contributed by atoms with Crippen molar-refractivity contribution < 1.29 is 47.5 Å². The van der Waals surface area contributed by atoms with E-state index in [2.05, 4.69) is 51.4 Å². The summed E-state index contributed by atoms with van der Waals surface area (Å²) in [6.07, 6.45) is 20.6. The number of benzene rings is 1. The molecular weight excluding hydrogens is 598 g/mol. The molecule has 10 nitrogen and oxygen atoms in total. The van der Waals surface area contributed by atoms with Gasteiger partial charge >= 0.3 is 11.9 Å². The topological polar surface area (TPSA) is 169 Å². The van der Waals surface area contributed by atoms with Gasteiger partial charge in [0.05, 0.1) is 27.1 Å². The van der Waals surface area contributed by atoms with Crippen LogP contribution in [0.1, 0.15) is 122 Å². The maximum absolute atomic E-state index is 10.2. The summed E-state index contributed by atoms with van der Waals surface area (Å²) in [6.45, 7) is 3.74. The van der Waals surface area contributed by atoms with Gasteiger partial charge in [-0.15, -0.1) is 0 Å². The van der Waals surface area contributed by atoms with Crippen LogP contribution in [0.2, 0.25) is 0 Å². The Balaban J connectivity index is 0.00000136. The number of hydrogen-bond acceptors (Lipinski definition) is 6. The number of aliphatic hydroxyl groups excluding tert-OH is 2. The third-order valence-corrected chi connectivity index (χ3v) is 9.97. The minimum absolute atomic E-state index is 0.124. The van der Waals surface area contributed by atoms with Gasteiger partial charge in [-0.1, -0.05) is 114 Å². The van der Waals surface area contributed by atoms with Crippen LogP contribution in [0.25, 0.3) is 0 Å². The second-order valence-corrected chi connectivity index (χ2v) is 14.4. The fourth-order valence-electron chi connectivity index (χ4n) is 5.93. The molecule has 0 amide bonds. The molecule has 0 aliphatic rings.